The number of thiazole rings is 1. The standard InChI is InChI=1S/C9H5F2NS/c10-7-2-1-6(5-8(7)11)9-12-3-4-13-9/h1-5H. The maximum atomic E-state index is 12.8. The Labute approximate surface area is 77.7 Å². The highest BCUT2D eigenvalue weighted by molar-refractivity contribution is 7.13. The van der Waals surface area contributed by atoms with Crippen LogP contribution in [0.4, 0.5) is 8.78 Å². The van der Waals surface area contributed by atoms with Crippen LogP contribution in [0.25, 0.3) is 10.6 Å². The molecule has 13 heavy (non-hydrogen) atoms. The van der Waals surface area contributed by atoms with Crippen molar-refractivity contribution in [1.29, 1.82) is 0 Å². The number of benzene rings is 1. The van der Waals surface area contributed by atoms with E-state index in [0.717, 1.165) is 12.1 Å². The first-order valence-electron chi connectivity index (χ1n) is 3.62. The number of nitrogens with zero attached hydrogens (tertiary/aromatic N) is 1. The van der Waals surface area contributed by atoms with E-state index in [0.29, 0.717) is 10.6 Å². The van der Waals surface area contributed by atoms with E-state index >= 15 is 0 Å². The van der Waals surface area contributed by atoms with Crippen LogP contribution in [-0.2, 0) is 0 Å². The summed E-state index contributed by atoms with van der Waals surface area (Å²) < 4.78 is 25.3. The van der Waals surface area contributed by atoms with E-state index in [-0.39, 0.29) is 0 Å². The molecule has 1 aromatic heterocycles. The summed E-state index contributed by atoms with van der Waals surface area (Å²) in [6.45, 7) is 0. The maximum Gasteiger partial charge on any atom is 0.159 e. The van der Waals surface area contributed by atoms with Crippen molar-refractivity contribution in [2.24, 2.45) is 0 Å². The van der Waals surface area contributed by atoms with E-state index in [4.69, 9.17) is 0 Å². The predicted octanol–water partition coefficient (Wildman–Crippen LogP) is 3.09. The SMILES string of the molecule is Fc1ccc(-c2nccs2)cc1F. The third kappa shape index (κ3) is 1.58. The van der Waals surface area contributed by atoms with Gasteiger partial charge in [0.15, 0.2) is 11.6 Å². The van der Waals surface area contributed by atoms with Gasteiger partial charge in [0.25, 0.3) is 0 Å². The van der Waals surface area contributed by atoms with Crippen molar-refractivity contribution in [1.82, 2.24) is 4.98 Å². The lowest BCUT2D eigenvalue weighted by molar-refractivity contribution is 0.509. The number of aromatic nitrogens is 1. The van der Waals surface area contributed by atoms with Crippen molar-refractivity contribution in [3.63, 3.8) is 0 Å². The Balaban J connectivity index is 2.49. The third-order valence-electron chi connectivity index (χ3n) is 1.60. The summed E-state index contributed by atoms with van der Waals surface area (Å²) in [4.78, 5) is 3.99. The molecule has 0 radical (unpaired) electrons. The second-order valence-electron chi connectivity index (χ2n) is 2.47. The van der Waals surface area contributed by atoms with Gasteiger partial charge in [0.05, 0.1) is 0 Å². The highest BCUT2D eigenvalue weighted by Gasteiger charge is 2.05. The zero-order valence-corrected chi connectivity index (χ0v) is 7.31. The molecule has 0 aliphatic carbocycles. The number of hydrogen-bond acceptors (Lipinski definition) is 2. The topological polar surface area (TPSA) is 12.9 Å². The van der Waals surface area contributed by atoms with Gasteiger partial charge in [-0.1, -0.05) is 0 Å². The number of halogens is 2. The average Bonchev–Trinajstić information content (AvgIpc) is 2.62. The molecule has 2 aromatic rings. The van der Waals surface area contributed by atoms with Crippen LogP contribution < -0.4 is 0 Å². The van der Waals surface area contributed by atoms with Gasteiger partial charge in [0, 0.05) is 17.1 Å². The number of rotatable bonds is 1. The van der Waals surface area contributed by atoms with E-state index in [1.807, 2.05) is 0 Å². The van der Waals surface area contributed by atoms with Crippen LogP contribution >= 0.6 is 11.3 Å². The van der Waals surface area contributed by atoms with E-state index in [1.165, 1.54) is 17.4 Å². The van der Waals surface area contributed by atoms with Crippen LogP contribution in [0.15, 0.2) is 29.8 Å². The minimum atomic E-state index is -0.840. The molecule has 0 N–H and O–H groups in total. The summed E-state index contributed by atoms with van der Waals surface area (Å²) in [5.41, 5.74) is 0.605. The lowest BCUT2D eigenvalue weighted by Gasteiger charge is -1.96. The van der Waals surface area contributed by atoms with Crippen molar-refractivity contribution in [3.05, 3.63) is 41.4 Å². The van der Waals surface area contributed by atoms with Crippen molar-refractivity contribution in [3.8, 4) is 10.6 Å². The zero-order chi connectivity index (χ0) is 9.26. The second-order valence-corrected chi connectivity index (χ2v) is 3.36. The van der Waals surface area contributed by atoms with Gasteiger partial charge in [-0.25, -0.2) is 13.8 Å². The van der Waals surface area contributed by atoms with Gasteiger partial charge in [-0.15, -0.1) is 11.3 Å². The summed E-state index contributed by atoms with van der Waals surface area (Å²) in [6, 6.07) is 3.76. The van der Waals surface area contributed by atoms with Crippen LogP contribution in [0.5, 0.6) is 0 Å². The maximum absolute atomic E-state index is 12.8. The van der Waals surface area contributed by atoms with E-state index < -0.39 is 11.6 Å². The second kappa shape index (κ2) is 3.22. The molecule has 4 heteroatoms. The van der Waals surface area contributed by atoms with Crippen molar-refractivity contribution >= 4 is 11.3 Å². The summed E-state index contributed by atoms with van der Waals surface area (Å²) >= 11 is 1.39. The summed E-state index contributed by atoms with van der Waals surface area (Å²) in [5.74, 6) is -1.67. The normalized spacial score (nSPS) is 10.3. The first-order valence-corrected chi connectivity index (χ1v) is 4.50. The van der Waals surface area contributed by atoms with Gasteiger partial charge >= 0.3 is 0 Å². The van der Waals surface area contributed by atoms with E-state index in [9.17, 15) is 8.78 Å². The Morgan fingerprint density at radius 3 is 2.62 bits per heavy atom. The Morgan fingerprint density at radius 1 is 1.15 bits per heavy atom. The van der Waals surface area contributed by atoms with Crippen LogP contribution in [0.3, 0.4) is 0 Å². The lowest BCUT2D eigenvalue weighted by atomic mass is 10.2. The molecule has 0 amide bonds. The van der Waals surface area contributed by atoms with Crippen LogP contribution in [-0.4, -0.2) is 4.98 Å². The molecular weight excluding hydrogens is 192 g/mol. The molecule has 1 aromatic carbocycles. The Kier molecular flexibility index (Phi) is 2.06. The minimum absolute atomic E-state index is 0.605. The molecule has 0 unspecified atom stereocenters. The van der Waals surface area contributed by atoms with Crippen molar-refractivity contribution < 1.29 is 8.78 Å². The Morgan fingerprint density at radius 2 is 2.00 bits per heavy atom. The molecule has 0 aliphatic heterocycles. The molecule has 0 saturated heterocycles. The number of hydrogen-bond donors (Lipinski definition) is 0. The van der Waals surface area contributed by atoms with E-state index in [1.54, 1.807) is 11.6 Å². The molecule has 0 saturated carbocycles. The third-order valence-corrected chi connectivity index (χ3v) is 2.42. The van der Waals surface area contributed by atoms with Gasteiger partial charge in [-0.2, -0.15) is 0 Å². The molecule has 1 heterocycles. The molecule has 0 spiro atoms. The molecule has 0 fully saturated rings. The predicted molar refractivity (Wildman–Crippen MR) is 47.5 cm³/mol. The Bertz CT molecular complexity index is 412. The molecule has 0 bridgehead atoms. The van der Waals surface area contributed by atoms with Gasteiger partial charge in [0.1, 0.15) is 5.01 Å². The molecule has 66 valence electrons. The fraction of sp³-hybridized carbons (Fsp3) is 0. The highest BCUT2D eigenvalue weighted by Crippen LogP contribution is 2.22. The molecule has 0 atom stereocenters. The fourth-order valence-corrected chi connectivity index (χ4v) is 1.63. The van der Waals surface area contributed by atoms with Crippen molar-refractivity contribution in [2.75, 3.05) is 0 Å². The molecule has 2 rings (SSSR count). The van der Waals surface area contributed by atoms with Crippen LogP contribution in [0.2, 0.25) is 0 Å². The molecule has 1 nitrogen and oxygen atoms in total. The van der Waals surface area contributed by atoms with Gasteiger partial charge < -0.3 is 0 Å². The zero-order valence-electron chi connectivity index (χ0n) is 6.50. The highest BCUT2D eigenvalue weighted by atomic mass is 32.1. The monoisotopic (exact) mass is 197 g/mol. The van der Waals surface area contributed by atoms with E-state index in [2.05, 4.69) is 4.98 Å². The fourth-order valence-electron chi connectivity index (χ4n) is 0.995. The first-order chi connectivity index (χ1) is 6.27. The molecule has 0 aliphatic rings. The smallest absolute Gasteiger partial charge is 0.159 e. The summed E-state index contributed by atoms with van der Waals surface area (Å²) in [7, 11) is 0. The van der Waals surface area contributed by atoms with Crippen LogP contribution in [0.1, 0.15) is 0 Å². The minimum Gasteiger partial charge on any atom is -0.245 e. The largest absolute Gasteiger partial charge is 0.245 e. The van der Waals surface area contributed by atoms with Crippen molar-refractivity contribution in [2.45, 2.75) is 0 Å². The van der Waals surface area contributed by atoms with Gasteiger partial charge in [0.2, 0.25) is 0 Å². The molecular formula is C9H5F2NS. The van der Waals surface area contributed by atoms with Crippen LogP contribution in [0, 0.1) is 11.6 Å². The lowest BCUT2D eigenvalue weighted by Crippen LogP contribution is -1.84. The summed E-state index contributed by atoms with van der Waals surface area (Å²) in [5, 5.41) is 2.48. The quantitative estimate of drug-likeness (QED) is 0.684. The average molecular weight is 197 g/mol. The van der Waals surface area contributed by atoms with Gasteiger partial charge in [-0.3, -0.25) is 0 Å². The summed E-state index contributed by atoms with van der Waals surface area (Å²) in [6.07, 6.45) is 1.63. The Hall–Kier alpha value is -1.29. The van der Waals surface area contributed by atoms with Gasteiger partial charge in [-0.05, 0) is 18.2 Å². The first kappa shape index (κ1) is 8.31.